The summed E-state index contributed by atoms with van der Waals surface area (Å²) in [5.41, 5.74) is 1.40. The number of hydrogen-bond acceptors (Lipinski definition) is 3. The Morgan fingerprint density at radius 2 is 2.05 bits per heavy atom. The molecule has 1 fully saturated rings. The van der Waals surface area contributed by atoms with Crippen LogP contribution in [0.1, 0.15) is 38.8 Å². The molecule has 2 rings (SSSR count). The molecule has 0 saturated carbocycles. The molecule has 1 aromatic rings. The lowest BCUT2D eigenvalue weighted by molar-refractivity contribution is 0.0193. The first-order chi connectivity index (χ1) is 9.74. The van der Waals surface area contributed by atoms with Gasteiger partial charge in [0.05, 0.1) is 6.10 Å². The smallest absolute Gasteiger partial charge is 0.0673 e. The van der Waals surface area contributed by atoms with Crippen LogP contribution in [0.5, 0.6) is 0 Å². The van der Waals surface area contributed by atoms with E-state index in [-0.39, 0.29) is 0 Å². The van der Waals surface area contributed by atoms with Crippen molar-refractivity contribution in [1.29, 1.82) is 0 Å². The summed E-state index contributed by atoms with van der Waals surface area (Å²) in [4.78, 5) is 2.58. The molecule has 0 spiro atoms. The largest absolute Gasteiger partial charge is 0.377 e. The van der Waals surface area contributed by atoms with Gasteiger partial charge in [0.1, 0.15) is 0 Å². The minimum absolute atomic E-state index is 0.293. The van der Waals surface area contributed by atoms with E-state index in [4.69, 9.17) is 4.74 Å². The van der Waals surface area contributed by atoms with Crippen molar-refractivity contribution in [3.63, 3.8) is 0 Å². The Kier molecular flexibility index (Phi) is 6.02. The van der Waals surface area contributed by atoms with Crippen LogP contribution in [0.4, 0.5) is 0 Å². The van der Waals surface area contributed by atoms with E-state index in [1.54, 1.807) is 0 Å². The minimum Gasteiger partial charge on any atom is -0.377 e. The molecule has 3 nitrogen and oxygen atoms in total. The van der Waals surface area contributed by atoms with Crippen LogP contribution in [0.15, 0.2) is 30.3 Å². The second-order valence-electron chi connectivity index (χ2n) is 5.66. The minimum atomic E-state index is 0.293. The first-order valence-corrected chi connectivity index (χ1v) is 7.88. The molecule has 3 atom stereocenters. The van der Waals surface area contributed by atoms with Gasteiger partial charge in [-0.15, -0.1) is 0 Å². The quantitative estimate of drug-likeness (QED) is 0.864. The van der Waals surface area contributed by atoms with Crippen molar-refractivity contribution in [2.45, 2.75) is 45.4 Å². The summed E-state index contributed by atoms with van der Waals surface area (Å²) in [6.45, 7) is 10.4. The van der Waals surface area contributed by atoms with E-state index in [0.717, 1.165) is 26.2 Å². The van der Waals surface area contributed by atoms with E-state index < -0.39 is 0 Å². The summed E-state index contributed by atoms with van der Waals surface area (Å²) in [5.74, 6) is 0. The van der Waals surface area contributed by atoms with Gasteiger partial charge in [0, 0.05) is 38.3 Å². The van der Waals surface area contributed by atoms with Gasteiger partial charge in [-0.1, -0.05) is 37.3 Å². The molecule has 0 amide bonds. The van der Waals surface area contributed by atoms with Crippen LogP contribution in [-0.4, -0.2) is 43.3 Å². The van der Waals surface area contributed by atoms with Crippen molar-refractivity contribution in [1.82, 2.24) is 10.2 Å². The van der Waals surface area contributed by atoms with Crippen LogP contribution in [-0.2, 0) is 4.74 Å². The molecule has 1 heterocycles. The number of rotatable bonds is 6. The molecular weight excluding hydrogens is 248 g/mol. The van der Waals surface area contributed by atoms with Crippen LogP contribution in [0.3, 0.4) is 0 Å². The van der Waals surface area contributed by atoms with Crippen LogP contribution in [0.2, 0.25) is 0 Å². The summed E-state index contributed by atoms with van der Waals surface area (Å²) in [6, 6.07) is 11.9. The van der Waals surface area contributed by atoms with Crippen molar-refractivity contribution in [2.75, 3.05) is 26.2 Å². The summed E-state index contributed by atoms with van der Waals surface area (Å²) in [5, 5.41) is 3.67. The van der Waals surface area contributed by atoms with Crippen molar-refractivity contribution in [3.8, 4) is 0 Å². The van der Waals surface area contributed by atoms with Gasteiger partial charge in [0.25, 0.3) is 0 Å². The molecular formula is C17H28N2O. The first-order valence-electron chi connectivity index (χ1n) is 7.88. The number of nitrogens with zero attached hydrogens (tertiary/aromatic N) is 1. The predicted octanol–water partition coefficient (Wildman–Crippen LogP) is 2.84. The Bertz CT molecular complexity index is 382. The maximum Gasteiger partial charge on any atom is 0.0673 e. The van der Waals surface area contributed by atoms with E-state index >= 15 is 0 Å². The van der Waals surface area contributed by atoms with Crippen molar-refractivity contribution < 1.29 is 4.74 Å². The number of piperazine rings is 1. The van der Waals surface area contributed by atoms with Gasteiger partial charge in [-0.25, -0.2) is 0 Å². The lowest BCUT2D eigenvalue weighted by Gasteiger charge is -2.41. The fraction of sp³-hybridized carbons (Fsp3) is 0.647. The second kappa shape index (κ2) is 7.77. The van der Waals surface area contributed by atoms with Gasteiger partial charge < -0.3 is 10.1 Å². The first kappa shape index (κ1) is 15.5. The summed E-state index contributed by atoms with van der Waals surface area (Å²) in [6.07, 6.45) is 1.47. The van der Waals surface area contributed by atoms with Crippen LogP contribution in [0.25, 0.3) is 0 Å². The highest BCUT2D eigenvalue weighted by Crippen LogP contribution is 2.24. The van der Waals surface area contributed by atoms with E-state index in [1.807, 2.05) is 0 Å². The van der Waals surface area contributed by atoms with Gasteiger partial charge in [-0.3, -0.25) is 4.90 Å². The molecule has 112 valence electrons. The highest BCUT2D eigenvalue weighted by atomic mass is 16.5. The Morgan fingerprint density at radius 1 is 1.30 bits per heavy atom. The topological polar surface area (TPSA) is 24.5 Å². The van der Waals surface area contributed by atoms with Gasteiger partial charge in [-0.2, -0.15) is 0 Å². The van der Waals surface area contributed by atoms with E-state index in [9.17, 15) is 0 Å². The standard InChI is InChI=1S/C17H28N2O/c1-4-16-13-19(12-14(3)20-5-2)17(11-18-16)15-9-7-6-8-10-15/h6-10,14,16-18H,4-5,11-13H2,1-3H3. The Hall–Kier alpha value is -0.900. The molecule has 1 aliphatic rings. The number of hydrogen-bond donors (Lipinski definition) is 1. The normalized spacial score (nSPS) is 25.6. The van der Waals surface area contributed by atoms with Crippen molar-refractivity contribution in [2.24, 2.45) is 0 Å². The maximum atomic E-state index is 5.74. The SMILES string of the molecule is CCOC(C)CN1CC(CC)NCC1c1ccccc1. The molecule has 0 bridgehead atoms. The third-order valence-electron chi connectivity index (χ3n) is 4.12. The van der Waals surface area contributed by atoms with Crippen molar-refractivity contribution in [3.05, 3.63) is 35.9 Å². The fourth-order valence-corrected chi connectivity index (χ4v) is 3.03. The Morgan fingerprint density at radius 3 is 2.70 bits per heavy atom. The zero-order valence-corrected chi connectivity index (χ0v) is 13.0. The zero-order chi connectivity index (χ0) is 14.4. The van der Waals surface area contributed by atoms with Gasteiger partial charge in [0.15, 0.2) is 0 Å². The van der Waals surface area contributed by atoms with Gasteiger partial charge >= 0.3 is 0 Å². The average Bonchev–Trinajstić information content (AvgIpc) is 2.48. The molecule has 1 aliphatic heterocycles. The van der Waals surface area contributed by atoms with Crippen LogP contribution in [0, 0.1) is 0 Å². The molecule has 1 N–H and O–H groups in total. The Labute approximate surface area is 123 Å². The number of ether oxygens (including phenoxy) is 1. The third kappa shape index (κ3) is 4.05. The summed E-state index contributed by atoms with van der Waals surface area (Å²) in [7, 11) is 0. The number of nitrogens with one attached hydrogen (secondary N) is 1. The average molecular weight is 276 g/mol. The molecule has 3 heteroatoms. The van der Waals surface area contributed by atoms with E-state index in [2.05, 4.69) is 61.3 Å². The molecule has 3 unspecified atom stereocenters. The summed E-state index contributed by atoms with van der Waals surface area (Å²) < 4.78 is 5.74. The van der Waals surface area contributed by atoms with Crippen LogP contribution < -0.4 is 5.32 Å². The van der Waals surface area contributed by atoms with Gasteiger partial charge in [0.2, 0.25) is 0 Å². The summed E-state index contributed by atoms with van der Waals surface area (Å²) >= 11 is 0. The monoisotopic (exact) mass is 276 g/mol. The zero-order valence-electron chi connectivity index (χ0n) is 13.0. The molecule has 1 aromatic carbocycles. The predicted molar refractivity (Wildman–Crippen MR) is 83.9 cm³/mol. The van der Waals surface area contributed by atoms with Crippen LogP contribution >= 0.6 is 0 Å². The fourth-order valence-electron chi connectivity index (χ4n) is 3.03. The molecule has 0 radical (unpaired) electrons. The van der Waals surface area contributed by atoms with E-state index in [1.165, 1.54) is 12.0 Å². The molecule has 0 aromatic heterocycles. The second-order valence-corrected chi connectivity index (χ2v) is 5.66. The molecule has 0 aliphatic carbocycles. The van der Waals surface area contributed by atoms with Gasteiger partial charge in [-0.05, 0) is 25.8 Å². The number of benzene rings is 1. The molecule has 1 saturated heterocycles. The highest BCUT2D eigenvalue weighted by molar-refractivity contribution is 5.20. The van der Waals surface area contributed by atoms with Crippen molar-refractivity contribution >= 4 is 0 Å². The highest BCUT2D eigenvalue weighted by Gasteiger charge is 2.28. The third-order valence-corrected chi connectivity index (χ3v) is 4.12. The lowest BCUT2D eigenvalue weighted by Crippen LogP contribution is -2.53. The molecule has 20 heavy (non-hydrogen) atoms. The Balaban J connectivity index is 2.07. The lowest BCUT2D eigenvalue weighted by atomic mass is 9.99. The maximum absolute atomic E-state index is 5.74. The van der Waals surface area contributed by atoms with E-state index in [0.29, 0.717) is 18.2 Å².